The van der Waals surface area contributed by atoms with Gasteiger partial charge in [0.2, 0.25) is 0 Å². The zero-order valence-corrected chi connectivity index (χ0v) is 11.6. The SMILES string of the molecule is CCCNC(Cc1ccc(C(F)(F)F)cn1)C(C)C. The Balaban J connectivity index is 2.69. The highest BCUT2D eigenvalue weighted by molar-refractivity contribution is 5.17. The first-order valence-electron chi connectivity index (χ1n) is 6.60. The third-order valence-corrected chi connectivity index (χ3v) is 3.04. The van der Waals surface area contributed by atoms with Crippen LogP contribution in [0.5, 0.6) is 0 Å². The molecule has 2 nitrogen and oxygen atoms in total. The summed E-state index contributed by atoms with van der Waals surface area (Å²) < 4.78 is 37.3. The molecule has 0 saturated heterocycles. The number of halogens is 3. The van der Waals surface area contributed by atoms with Gasteiger partial charge in [-0.25, -0.2) is 0 Å². The van der Waals surface area contributed by atoms with E-state index in [1.807, 2.05) is 0 Å². The van der Waals surface area contributed by atoms with Gasteiger partial charge in [0, 0.05) is 24.4 Å². The predicted octanol–water partition coefficient (Wildman–Crippen LogP) is 3.67. The summed E-state index contributed by atoms with van der Waals surface area (Å²) in [6.07, 6.45) is -1.73. The number of nitrogens with one attached hydrogen (secondary N) is 1. The Bertz CT molecular complexity index is 371. The van der Waals surface area contributed by atoms with Gasteiger partial charge in [-0.1, -0.05) is 20.8 Å². The summed E-state index contributed by atoms with van der Waals surface area (Å²) in [5.74, 6) is 0.413. The van der Waals surface area contributed by atoms with Gasteiger partial charge in [-0.3, -0.25) is 4.98 Å². The van der Waals surface area contributed by atoms with Crippen LogP contribution in [-0.4, -0.2) is 17.6 Å². The van der Waals surface area contributed by atoms with Crippen LogP contribution in [0.25, 0.3) is 0 Å². The number of rotatable bonds is 6. The monoisotopic (exact) mass is 274 g/mol. The number of aromatic nitrogens is 1. The molecule has 0 bridgehead atoms. The summed E-state index contributed by atoms with van der Waals surface area (Å²) in [6.45, 7) is 7.18. The van der Waals surface area contributed by atoms with Crippen LogP contribution < -0.4 is 5.32 Å². The summed E-state index contributed by atoms with van der Waals surface area (Å²) in [5.41, 5.74) is -0.00540. The lowest BCUT2D eigenvalue weighted by molar-refractivity contribution is -0.137. The van der Waals surface area contributed by atoms with Crippen molar-refractivity contribution in [2.24, 2.45) is 5.92 Å². The predicted molar refractivity (Wildman–Crippen MR) is 69.9 cm³/mol. The molecule has 1 heterocycles. The average Bonchev–Trinajstić information content (AvgIpc) is 2.33. The van der Waals surface area contributed by atoms with E-state index in [0.717, 1.165) is 25.2 Å². The molecular weight excluding hydrogens is 253 g/mol. The van der Waals surface area contributed by atoms with Crippen molar-refractivity contribution >= 4 is 0 Å². The van der Waals surface area contributed by atoms with E-state index in [1.165, 1.54) is 6.07 Å². The molecule has 0 aliphatic heterocycles. The van der Waals surface area contributed by atoms with E-state index in [-0.39, 0.29) is 6.04 Å². The molecule has 0 aliphatic carbocycles. The molecule has 1 unspecified atom stereocenters. The average molecular weight is 274 g/mol. The lowest BCUT2D eigenvalue weighted by atomic mass is 9.98. The fourth-order valence-corrected chi connectivity index (χ4v) is 1.81. The van der Waals surface area contributed by atoms with Gasteiger partial charge in [-0.05, 0) is 31.0 Å². The third kappa shape index (κ3) is 5.19. The van der Waals surface area contributed by atoms with Gasteiger partial charge in [-0.2, -0.15) is 13.2 Å². The molecule has 0 spiro atoms. The molecule has 0 fully saturated rings. The Morgan fingerprint density at radius 1 is 1.26 bits per heavy atom. The van der Waals surface area contributed by atoms with Crippen LogP contribution in [0.2, 0.25) is 0 Å². The molecule has 108 valence electrons. The van der Waals surface area contributed by atoms with E-state index in [1.54, 1.807) is 0 Å². The first kappa shape index (κ1) is 16.0. The minimum atomic E-state index is -4.32. The van der Waals surface area contributed by atoms with Gasteiger partial charge in [0.05, 0.1) is 5.56 Å². The van der Waals surface area contributed by atoms with Crippen LogP contribution >= 0.6 is 0 Å². The molecule has 0 radical (unpaired) electrons. The topological polar surface area (TPSA) is 24.9 Å². The zero-order valence-electron chi connectivity index (χ0n) is 11.6. The minimum Gasteiger partial charge on any atom is -0.313 e. The second-order valence-corrected chi connectivity index (χ2v) is 5.04. The fraction of sp³-hybridized carbons (Fsp3) is 0.643. The number of nitrogens with zero attached hydrogens (tertiary/aromatic N) is 1. The molecule has 0 aromatic carbocycles. The molecule has 1 rings (SSSR count). The van der Waals surface area contributed by atoms with Gasteiger partial charge < -0.3 is 5.32 Å². The second kappa shape index (κ2) is 6.89. The van der Waals surface area contributed by atoms with Gasteiger partial charge in [0.15, 0.2) is 0 Å². The Morgan fingerprint density at radius 2 is 1.95 bits per heavy atom. The Labute approximate surface area is 112 Å². The lowest BCUT2D eigenvalue weighted by Crippen LogP contribution is -2.36. The van der Waals surface area contributed by atoms with Crippen molar-refractivity contribution in [3.63, 3.8) is 0 Å². The smallest absolute Gasteiger partial charge is 0.313 e. The van der Waals surface area contributed by atoms with Crippen molar-refractivity contribution in [3.8, 4) is 0 Å². The van der Waals surface area contributed by atoms with Gasteiger partial charge >= 0.3 is 6.18 Å². The van der Waals surface area contributed by atoms with Crippen molar-refractivity contribution in [1.29, 1.82) is 0 Å². The van der Waals surface area contributed by atoms with Gasteiger partial charge in [-0.15, -0.1) is 0 Å². The summed E-state index contributed by atoms with van der Waals surface area (Å²) in [4.78, 5) is 3.92. The van der Waals surface area contributed by atoms with E-state index in [0.29, 0.717) is 18.0 Å². The maximum absolute atomic E-state index is 12.4. The molecule has 0 amide bonds. The molecule has 1 N–H and O–H groups in total. The number of hydrogen-bond acceptors (Lipinski definition) is 2. The molecule has 19 heavy (non-hydrogen) atoms. The Kier molecular flexibility index (Phi) is 5.79. The highest BCUT2D eigenvalue weighted by atomic mass is 19.4. The normalized spacial score (nSPS) is 13.8. The highest BCUT2D eigenvalue weighted by Crippen LogP contribution is 2.28. The maximum Gasteiger partial charge on any atom is 0.417 e. The van der Waals surface area contributed by atoms with E-state index >= 15 is 0 Å². The quantitative estimate of drug-likeness (QED) is 0.856. The molecule has 1 aromatic rings. The van der Waals surface area contributed by atoms with Crippen molar-refractivity contribution in [2.75, 3.05) is 6.54 Å². The first-order chi connectivity index (χ1) is 8.84. The molecule has 5 heteroatoms. The van der Waals surface area contributed by atoms with E-state index in [2.05, 4.69) is 31.1 Å². The molecular formula is C14H21F3N2. The fourth-order valence-electron chi connectivity index (χ4n) is 1.81. The summed E-state index contributed by atoms with van der Waals surface area (Å²) >= 11 is 0. The zero-order chi connectivity index (χ0) is 14.5. The Hall–Kier alpha value is -1.10. The van der Waals surface area contributed by atoms with Crippen molar-refractivity contribution in [3.05, 3.63) is 29.6 Å². The second-order valence-electron chi connectivity index (χ2n) is 5.04. The van der Waals surface area contributed by atoms with Gasteiger partial charge in [0.1, 0.15) is 0 Å². The van der Waals surface area contributed by atoms with Crippen LogP contribution in [0, 0.1) is 5.92 Å². The summed E-state index contributed by atoms with van der Waals surface area (Å²) in [5, 5.41) is 3.40. The van der Waals surface area contributed by atoms with Crippen LogP contribution in [-0.2, 0) is 12.6 Å². The van der Waals surface area contributed by atoms with Crippen LogP contribution in [0.3, 0.4) is 0 Å². The Morgan fingerprint density at radius 3 is 2.37 bits per heavy atom. The van der Waals surface area contributed by atoms with Crippen molar-refractivity contribution < 1.29 is 13.2 Å². The minimum absolute atomic E-state index is 0.240. The van der Waals surface area contributed by atoms with Crippen LogP contribution in [0.15, 0.2) is 18.3 Å². The molecule has 1 atom stereocenters. The first-order valence-corrected chi connectivity index (χ1v) is 6.60. The van der Waals surface area contributed by atoms with Gasteiger partial charge in [0.25, 0.3) is 0 Å². The van der Waals surface area contributed by atoms with Crippen molar-refractivity contribution in [2.45, 2.75) is 45.8 Å². The third-order valence-electron chi connectivity index (χ3n) is 3.04. The number of alkyl halides is 3. The molecule has 0 aliphatic rings. The van der Waals surface area contributed by atoms with Crippen LogP contribution in [0.1, 0.15) is 38.4 Å². The van der Waals surface area contributed by atoms with Crippen LogP contribution in [0.4, 0.5) is 13.2 Å². The summed E-state index contributed by atoms with van der Waals surface area (Å²) in [7, 11) is 0. The number of hydrogen-bond donors (Lipinski definition) is 1. The lowest BCUT2D eigenvalue weighted by Gasteiger charge is -2.22. The molecule has 1 aromatic heterocycles. The van der Waals surface area contributed by atoms with E-state index in [9.17, 15) is 13.2 Å². The van der Waals surface area contributed by atoms with E-state index in [4.69, 9.17) is 0 Å². The van der Waals surface area contributed by atoms with Crippen molar-refractivity contribution in [1.82, 2.24) is 10.3 Å². The largest absolute Gasteiger partial charge is 0.417 e. The highest BCUT2D eigenvalue weighted by Gasteiger charge is 2.30. The summed E-state index contributed by atoms with van der Waals surface area (Å²) in [6, 6.07) is 2.80. The molecule has 0 saturated carbocycles. The maximum atomic E-state index is 12.4. The standard InChI is InChI=1S/C14H21F3N2/c1-4-7-18-13(10(2)3)8-12-6-5-11(9-19-12)14(15,16)17/h5-6,9-10,13,18H,4,7-8H2,1-3H3. The number of pyridine rings is 1. The van der Waals surface area contributed by atoms with E-state index < -0.39 is 11.7 Å².